The van der Waals surface area contributed by atoms with Crippen LogP contribution in [0.2, 0.25) is 0 Å². The Morgan fingerprint density at radius 2 is 2.11 bits per heavy atom. The smallest absolute Gasteiger partial charge is 0.207 e. The Morgan fingerprint density at radius 1 is 1.42 bits per heavy atom. The van der Waals surface area contributed by atoms with Crippen molar-refractivity contribution in [2.75, 3.05) is 13.1 Å². The first kappa shape index (κ1) is 14.8. The number of nitrogens with zero attached hydrogens (tertiary/aromatic N) is 1. The number of hydrogen-bond donors (Lipinski definition) is 0. The molecular weight excluding hydrogens is 289 g/mol. The summed E-state index contributed by atoms with van der Waals surface area (Å²) in [6, 6.07) is 3.72. The van der Waals surface area contributed by atoms with Crippen molar-refractivity contribution in [1.29, 1.82) is 0 Å². The van der Waals surface area contributed by atoms with Crippen LogP contribution in [0.5, 0.6) is 0 Å². The molecule has 1 saturated carbocycles. The van der Waals surface area contributed by atoms with Crippen molar-refractivity contribution in [1.82, 2.24) is 4.31 Å². The number of halogens is 2. The van der Waals surface area contributed by atoms with Gasteiger partial charge in [0.2, 0.25) is 10.0 Å². The summed E-state index contributed by atoms with van der Waals surface area (Å²) in [5, 5.41) is 0. The summed E-state index contributed by atoms with van der Waals surface area (Å²) in [6.45, 7) is 2.69. The van der Waals surface area contributed by atoms with E-state index >= 15 is 0 Å². The summed E-state index contributed by atoms with van der Waals surface area (Å²) >= 11 is 5.75. The van der Waals surface area contributed by atoms with Gasteiger partial charge >= 0.3 is 0 Å². The molecule has 19 heavy (non-hydrogen) atoms. The molecule has 0 spiro atoms. The number of benzene rings is 1. The Bertz CT molecular complexity index is 558. The van der Waals surface area contributed by atoms with Gasteiger partial charge in [-0.1, -0.05) is 13.0 Å². The molecule has 1 aromatic rings. The first-order valence-corrected chi connectivity index (χ1v) is 8.31. The molecular formula is C13H17ClFNO2S. The SMILES string of the molecule is CCN(CC1CC1)S(=O)(=O)c1cc(F)ccc1CCl. The van der Waals surface area contributed by atoms with Crippen LogP contribution in [0.25, 0.3) is 0 Å². The van der Waals surface area contributed by atoms with Crippen LogP contribution in [0.4, 0.5) is 4.39 Å². The molecule has 0 radical (unpaired) electrons. The molecule has 1 aliphatic carbocycles. The molecule has 0 atom stereocenters. The van der Waals surface area contributed by atoms with Crippen LogP contribution in [-0.2, 0) is 15.9 Å². The Morgan fingerprint density at radius 3 is 2.63 bits per heavy atom. The van der Waals surface area contributed by atoms with Crippen LogP contribution in [0.15, 0.2) is 23.1 Å². The highest BCUT2D eigenvalue weighted by Crippen LogP contribution is 2.32. The number of hydrogen-bond acceptors (Lipinski definition) is 2. The van der Waals surface area contributed by atoms with E-state index in [2.05, 4.69) is 0 Å². The van der Waals surface area contributed by atoms with Crippen LogP contribution in [0, 0.1) is 11.7 Å². The molecule has 1 aliphatic rings. The number of alkyl halides is 1. The van der Waals surface area contributed by atoms with Crippen molar-refractivity contribution in [3.8, 4) is 0 Å². The molecule has 3 nitrogen and oxygen atoms in total. The minimum atomic E-state index is -3.66. The van der Waals surface area contributed by atoms with Crippen molar-refractivity contribution in [3.05, 3.63) is 29.6 Å². The first-order chi connectivity index (χ1) is 8.98. The molecule has 106 valence electrons. The summed E-state index contributed by atoms with van der Waals surface area (Å²) in [5.74, 6) is -0.0619. The van der Waals surface area contributed by atoms with E-state index < -0.39 is 15.8 Å². The van der Waals surface area contributed by atoms with Gasteiger partial charge in [0.05, 0.1) is 4.90 Å². The van der Waals surface area contributed by atoms with Gasteiger partial charge in [0.1, 0.15) is 5.82 Å². The maximum atomic E-state index is 13.3. The van der Waals surface area contributed by atoms with Gasteiger partial charge in [-0.05, 0) is 36.5 Å². The lowest BCUT2D eigenvalue weighted by Gasteiger charge is -2.21. The van der Waals surface area contributed by atoms with Gasteiger partial charge in [0.25, 0.3) is 0 Å². The van der Waals surface area contributed by atoms with Crippen molar-refractivity contribution in [2.45, 2.75) is 30.5 Å². The van der Waals surface area contributed by atoms with Gasteiger partial charge in [-0.15, -0.1) is 11.6 Å². The van der Waals surface area contributed by atoms with Gasteiger partial charge in [-0.3, -0.25) is 0 Å². The Labute approximate surface area is 118 Å². The molecule has 0 amide bonds. The van der Waals surface area contributed by atoms with Gasteiger partial charge in [0.15, 0.2) is 0 Å². The van der Waals surface area contributed by atoms with Crippen LogP contribution < -0.4 is 0 Å². The highest BCUT2D eigenvalue weighted by molar-refractivity contribution is 7.89. The van der Waals surface area contributed by atoms with E-state index in [0.717, 1.165) is 18.9 Å². The zero-order valence-electron chi connectivity index (χ0n) is 10.8. The topological polar surface area (TPSA) is 37.4 Å². The molecule has 0 bridgehead atoms. The molecule has 0 heterocycles. The van der Waals surface area contributed by atoms with Crippen molar-refractivity contribution < 1.29 is 12.8 Å². The molecule has 2 rings (SSSR count). The summed E-state index contributed by atoms with van der Waals surface area (Å²) in [4.78, 5) is -0.00926. The standard InChI is InChI=1S/C13H17ClFNO2S/c1-2-16(9-10-3-4-10)19(17,18)13-7-12(15)6-5-11(13)8-14/h5-7,10H,2-4,8-9H2,1H3. The van der Waals surface area contributed by atoms with Crippen LogP contribution in [0.1, 0.15) is 25.3 Å². The molecule has 0 saturated heterocycles. The predicted octanol–water partition coefficient (Wildman–Crippen LogP) is 2.99. The monoisotopic (exact) mass is 305 g/mol. The average Bonchev–Trinajstić information content (AvgIpc) is 3.19. The van der Waals surface area contributed by atoms with E-state index in [4.69, 9.17) is 11.6 Å². The lowest BCUT2D eigenvalue weighted by atomic mass is 10.2. The Kier molecular flexibility index (Phi) is 4.48. The lowest BCUT2D eigenvalue weighted by molar-refractivity contribution is 0.411. The average molecular weight is 306 g/mol. The molecule has 1 aromatic carbocycles. The lowest BCUT2D eigenvalue weighted by Crippen LogP contribution is -2.33. The predicted molar refractivity (Wildman–Crippen MR) is 73.1 cm³/mol. The molecule has 0 unspecified atom stereocenters. The molecule has 1 fully saturated rings. The van der Waals surface area contributed by atoms with Gasteiger partial charge in [0, 0.05) is 19.0 Å². The van der Waals surface area contributed by atoms with Crippen LogP contribution >= 0.6 is 11.6 Å². The van der Waals surface area contributed by atoms with Crippen molar-refractivity contribution >= 4 is 21.6 Å². The Balaban J connectivity index is 2.38. The number of sulfonamides is 1. The third-order valence-electron chi connectivity index (χ3n) is 3.30. The highest BCUT2D eigenvalue weighted by Gasteiger charge is 2.32. The van der Waals surface area contributed by atoms with Crippen molar-refractivity contribution in [2.24, 2.45) is 5.92 Å². The summed E-state index contributed by atoms with van der Waals surface area (Å²) in [6.07, 6.45) is 2.13. The molecule has 0 N–H and O–H groups in total. The van der Waals surface area contributed by atoms with Crippen molar-refractivity contribution in [3.63, 3.8) is 0 Å². The summed E-state index contributed by atoms with van der Waals surface area (Å²) in [7, 11) is -3.66. The minimum absolute atomic E-state index is 0.00926. The normalized spacial score (nSPS) is 16.0. The van der Waals surface area contributed by atoms with E-state index in [-0.39, 0.29) is 10.8 Å². The quantitative estimate of drug-likeness (QED) is 0.758. The third kappa shape index (κ3) is 3.27. The third-order valence-corrected chi connectivity index (χ3v) is 5.61. The van der Waals surface area contributed by atoms with Crippen LogP contribution in [0.3, 0.4) is 0 Å². The fraction of sp³-hybridized carbons (Fsp3) is 0.538. The zero-order valence-corrected chi connectivity index (χ0v) is 12.3. The second-order valence-corrected chi connectivity index (χ2v) is 6.96. The Hall–Kier alpha value is -0.650. The summed E-state index contributed by atoms with van der Waals surface area (Å²) in [5.41, 5.74) is 0.442. The second kappa shape index (κ2) is 5.77. The van der Waals surface area contributed by atoms with Gasteiger partial charge in [-0.2, -0.15) is 4.31 Å². The minimum Gasteiger partial charge on any atom is -0.207 e. The maximum absolute atomic E-state index is 13.3. The van der Waals surface area contributed by atoms with Crippen LogP contribution in [-0.4, -0.2) is 25.8 Å². The highest BCUT2D eigenvalue weighted by atomic mass is 35.5. The van der Waals surface area contributed by atoms with Gasteiger partial charge < -0.3 is 0 Å². The zero-order chi connectivity index (χ0) is 14.0. The van der Waals surface area contributed by atoms with E-state index in [1.165, 1.54) is 16.4 Å². The van der Waals surface area contributed by atoms with E-state index in [1.54, 1.807) is 6.92 Å². The maximum Gasteiger partial charge on any atom is 0.243 e. The first-order valence-electron chi connectivity index (χ1n) is 6.33. The number of rotatable bonds is 6. The fourth-order valence-corrected chi connectivity index (χ4v) is 4.07. The molecule has 6 heteroatoms. The largest absolute Gasteiger partial charge is 0.243 e. The van der Waals surface area contributed by atoms with Gasteiger partial charge in [-0.25, -0.2) is 12.8 Å². The van der Waals surface area contributed by atoms with E-state index in [9.17, 15) is 12.8 Å². The second-order valence-electron chi connectivity index (χ2n) is 4.78. The van der Waals surface area contributed by atoms with E-state index in [1.807, 2.05) is 0 Å². The molecule has 0 aliphatic heterocycles. The van der Waals surface area contributed by atoms with E-state index in [0.29, 0.717) is 24.6 Å². The molecule has 0 aromatic heterocycles. The summed E-state index contributed by atoms with van der Waals surface area (Å²) < 4.78 is 39.9. The fourth-order valence-electron chi connectivity index (χ4n) is 2.00.